The zero-order valence-corrected chi connectivity index (χ0v) is 25.3. The summed E-state index contributed by atoms with van der Waals surface area (Å²) < 4.78 is 0. The first-order valence-electron chi connectivity index (χ1n) is 15.9. The number of hydrogen-bond donors (Lipinski definition) is 0. The molecular weight excluding hydrogens is 553 g/mol. The monoisotopic (exact) mass is 582 g/mol. The Hall–Kier alpha value is -5.98. The number of rotatable bonds is 5. The van der Waals surface area contributed by atoms with Gasteiger partial charge in [-0.3, -0.25) is 0 Å². The second-order valence-electron chi connectivity index (χ2n) is 12.1. The lowest BCUT2D eigenvalue weighted by molar-refractivity contribution is 1.56. The van der Waals surface area contributed by atoms with Gasteiger partial charge in [-0.2, -0.15) is 0 Å². The van der Waals surface area contributed by atoms with Crippen molar-refractivity contribution in [1.29, 1.82) is 0 Å². The quantitative estimate of drug-likeness (QED) is 0.189. The molecule has 0 spiro atoms. The molecule has 0 heteroatoms. The van der Waals surface area contributed by atoms with Crippen molar-refractivity contribution in [3.8, 4) is 77.9 Å². The molecule has 8 aromatic rings. The van der Waals surface area contributed by atoms with Crippen molar-refractivity contribution in [3.63, 3.8) is 0 Å². The van der Waals surface area contributed by atoms with Crippen molar-refractivity contribution in [2.75, 3.05) is 0 Å². The van der Waals surface area contributed by atoms with Gasteiger partial charge in [0.15, 0.2) is 0 Å². The molecule has 1 aliphatic carbocycles. The van der Waals surface area contributed by atoms with Crippen LogP contribution in [0.3, 0.4) is 0 Å². The highest BCUT2D eigenvalue weighted by Gasteiger charge is 2.22. The van der Waals surface area contributed by atoms with Crippen LogP contribution in [-0.2, 0) is 0 Å². The van der Waals surface area contributed by atoms with E-state index in [1.807, 2.05) is 0 Å². The SMILES string of the molecule is c1ccc(-c2cccc(-c3cc(-c4cccc(-c5ccccc5)c4)cc(-c4ccc5c6c(cccc46)-c4ccccc4-5)c3)c2)cc1. The predicted molar refractivity (Wildman–Crippen MR) is 196 cm³/mol. The van der Waals surface area contributed by atoms with E-state index in [4.69, 9.17) is 0 Å². The Morgan fingerprint density at radius 2 is 0.565 bits per heavy atom. The summed E-state index contributed by atoms with van der Waals surface area (Å²) in [6, 6.07) is 66.5. The van der Waals surface area contributed by atoms with Crippen molar-refractivity contribution < 1.29 is 0 Å². The predicted octanol–water partition coefficient (Wildman–Crippen LogP) is 12.8. The fourth-order valence-corrected chi connectivity index (χ4v) is 7.19. The molecule has 0 atom stereocenters. The van der Waals surface area contributed by atoms with Crippen LogP contribution < -0.4 is 0 Å². The van der Waals surface area contributed by atoms with Gasteiger partial charge < -0.3 is 0 Å². The topological polar surface area (TPSA) is 0 Å². The molecule has 0 N–H and O–H groups in total. The summed E-state index contributed by atoms with van der Waals surface area (Å²) in [5, 5.41) is 2.65. The Morgan fingerprint density at radius 3 is 1.13 bits per heavy atom. The molecule has 0 saturated heterocycles. The van der Waals surface area contributed by atoms with E-state index in [0.29, 0.717) is 0 Å². The van der Waals surface area contributed by atoms with Gasteiger partial charge in [0.2, 0.25) is 0 Å². The molecule has 1 aliphatic rings. The number of benzene rings is 8. The third-order valence-electron chi connectivity index (χ3n) is 9.40. The van der Waals surface area contributed by atoms with E-state index < -0.39 is 0 Å². The molecule has 0 aliphatic heterocycles. The second-order valence-corrected chi connectivity index (χ2v) is 12.1. The van der Waals surface area contributed by atoms with Gasteiger partial charge in [-0.1, -0.05) is 152 Å². The molecule has 9 rings (SSSR count). The molecule has 0 saturated carbocycles. The summed E-state index contributed by atoms with van der Waals surface area (Å²) in [6.45, 7) is 0. The molecule has 214 valence electrons. The standard InChI is InChI=1S/C46H30/c1-3-12-31(13-4-1)33-16-9-18-35(26-33)37-28-38(36-19-10-17-34(27-36)32-14-5-2-6-15-32)30-39(29-37)40-24-25-45-42-21-8-7-20-41(42)44-23-11-22-43(40)46(44)45/h1-30H. The van der Waals surface area contributed by atoms with Gasteiger partial charge in [0.25, 0.3) is 0 Å². The summed E-state index contributed by atoms with van der Waals surface area (Å²) in [4.78, 5) is 0. The van der Waals surface area contributed by atoms with E-state index >= 15 is 0 Å². The highest BCUT2D eigenvalue weighted by Crippen LogP contribution is 2.49. The fraction of sp³-hybridized carbons (Fsp3) is 0. The van der Waals surface area contributed by atoms with Gasteiger partial charge in [0.1, 0.15) is 0 Å². The normalized spacial score (nSPS) is 11.5. The zero-order valence-electron chi connectivity index (χ0n) is 25.3. The minimum atomic E-state index is 1.21. The van der Waals surface area contributed by atoms with E-state index in [-0.39, 0.29) is 0 Å². The highest BCUT2D eigenvalue weighted by molar-refractivity contribution is 6.18. The lowest BCUT2D eigenvalue weighted by Crippen LogP contribution is -1.89. The molecule has 0 nitrogen and oxygen atoms in total. The van der Waals surface area contributed by atoms with Gasteiger partial charge in [0.05, 0.1) is 0 Å². The van der Waals surface area contributed by atoms with Crippen molar-refractivity contribution in [2.45, 2.75) is 0 Å². The Morgan fingerprint density at radius 1 is 0.196 bits per heavy atom. The maximum absolute atomic E-state index is 2.38. The lowest BCUT2D eigenvalue weighted by Gasteiger charge is -2.15. The summed E-state index contributed by atoms with van der Waals surface area (Å²) in [6.07, 6.45) is 0. The average Bonchev–Trinajstić information content (AvgIpc) is 3.47. The van der Waals surface area contributed by atoms with Crippen LogP contribution >= 0.6 is 0 Å². The van der Waals surface area contributed by atoms with E-state index in [1.165, 1.54) is 88.7 Å². The smallest absolute Gasteiger partial charge is 0.00201 e. The van der Waals surface area contributed by atoms with Crippen LogP contribution in [-0.4, -0.2) is 0 Å². The van der Waals surface area contributed by atoms with Crippen LogP contribution in [0.5, 0.6) is 0 Å². The van der Waals surface area contributed by atoms with E-state index in [0.717, 1.165) is 0 Å². The Bertz CT molecular complexity index is 2270. The molecule has 0 aromatic heterocycles. The minimum absolute atomic E-state index is 1.21. The van der Waals surface area contributed by atoms with Gasteiger partial charge >= 0.3 is 0 Å². The van der Waals surface area contributed by atoms with Crippen LogP contribution in [0, 0.1) is 0 Å². The highest BCUT2D eigenvalue weighted by atomic mass is 14.3. The van der Waals surface area contributed by atoms with E-state index in [1.54, 1.807) is 0 Å². The first kappa shape index (κ1) is 26.4. The van der Waals surface area contributed by atoms with E-state index in [9.17, 15) is 0 Å². The number of hydrogen-bond acceptors (Lipinski definition) is 0. The van der Waals surface area contributed by atoms with E-state index in [2.05, 4.69) is 182 Å². The Labute approximate surface area is 269 Å². The maximum atomic E-state index is 2.38. The fourth-order valence-electron chi connectivity index (χ4n) is 7.19. The van der Waals surface area contributed by atoms with Crippen molar-refractivity contribution in [3.05, 3.63) is 182 Å². The minimum Gasteiger partial charge on any atom is -0.0622 e. The molecule has 0 amide bonds. The molecule has 0 unspecified atom stereocenters. The van der Waals surface area contributed by atoms with Crippen LogP contribution in [0.4, 0.5) is 0 Å². The maximum Gasteiger partial charge on any atom is -0.00201 e. The van der Waals surface area contributed by atoms with Crippen molar-refractivity contribution in [1.82, 2.24) is 0 Å². The molecular formula is C46H30. The van der Waals surface area contributed by atoms with Gasteiger partial charge in [-0.25, -0.2) is 0 Å². The lowest BCUT2D eigenvalue weighted by atomic mass is 9.89. The number of fused-ring (bicyclic) bond motifs is 3. The summed E-state index contributed by atoms with van der Waals surface area (Å²) in [5.74, 6) is 0. The zero-order chi connectivity index (χ0) is 30.5. The van der Waals surface area contributed by atoms with Gasteiger partial charge in [-0.05, 0) is 119 Å². The largest absolute Gasteiger partial charge is 0.0622 e. The van der Waals surface area contributed by atoms with Crippen LogP contribution in [0.1, 0.15) is 0 Å². The molecule has 0 radical (unpaired) electrons. The van der Waals surface area contributed by atoms with Gasteiger partial charge in [-0.15, -0.1) is 0 Å². The molecule has 0 fully saturated rings. The Kier molecular flexibility index (Phi) is 6.25. The van der Waals surface area contributed by atoms with Crippen LogP contribution in [0.2, 0.25) is 0 Å². The molecule has 8 aromatic carbocycles. The summed E-state index contributed by atoms with van der Waals surface area (Å²) >= 11 is 0. The van der Waals surface area contributed by atoms with Crippen LogP contribution in [0.15, 0.2) is 182 Å². The average molecular weight is 583 g/mol. The first-order chi connectivity index (χ1) is 22.8. The summed E-state index contributed by atoms with van der Waals surface area (Å²) in [5.41, 5.74) is 17.5. The molecule has 0 bridgehead atoms. The van der Waals surface area contributed by atoms with Crippen LogP contribution in [0.25, 0.3) is 88.7 Å². The molecule has 46 heavy (non-hydrogen) atoms. The second kappa shape index (κ2) is 10.9. The van der Waals surface area contributed by atoms with Gasteiger partial charge in [0, 0.05) is 0 Å². The van der Waals surface area contributed by atoms with Crippen molar-refractivity contribution in [2.24, 2.45) is 0 Å². The summed E-state index contributed by atoms with van der Waals surface area (Å²) in [7, 11) is 0. The third kappa shape index (κ3) is 4.47. The third-order valence-corrected chi connectivity index (χ3v) is 9.40. The van der Waals surface area contributed by atoms with Crippen molar-refractivity contribution >= 4 is 10.8 Å². The Balaban J connectivity index is 1.26. The first-order valence-corrected chi connectivity index (χ1v) is 15.9. The molecule has 0 heterocycles.